The van der Waals surface area contributed by atoms with Crippen LogP contribution >= 0.6 is 0 Å². The highest BCUT2D eigenvalue weighted by molar-refractivity contribution is 5.52. The normalized spacial score (nSPS) is 16.3. The highest BCUT2D eigenvalue weighted by Gasteiger charge is 2.22. The minimum atomic E-state index is 0.509. The van der Waals surface area contributed by atoms with Gasteiger partial charge in [-0.15, -0.1) is 0 Å². The lowest BCUT2D eigenvalue weighted by Gasteiger charge is -2.24. The number of hydrogen-bond donors (Lipinski definition) is 1. The lowest BCUT2D eigenvalue weighted by molar-refractivity contribution is 0.373. The molecule has 0 bridgehead atoms. The van der Waals surface area contributed by atoms with Crippen LogP contribution in [0.15, 0.2) is 40.9 Å². The van der Waals surface area contributed by atoms with E-state index in [-0.39, 0.29) is 0 Å². The molecule has 0 amide bonds. The number of oxazole rings is 1. The van der Waals surface area contributed by atoms with Crippen molar-refractivity contribution in [2.75, 3.05) is 13.1 Å². The monoisotopic (exact) mass is 200 g/mol. The number of benzene rings is 1. The first-order valence-electron chi connectivity index (χ1n) is 5.15. The van der Waals surface area contributed by atoms with Crippen molar-refractivity contribution < 1.29 is 4.42 Å². The van der Waals surface area contributed by atoms with Gasteiger partial charge < -0.3 is 9.73 Å². The highest BCUT2D eigenvalue weighted by atomic mass is 16.4. The Labute approximate surface area is 88.1 Å². The summed E-state index contributed by atoms with van der Waals surface area (Å²) < 4.78 is 5.72. The van der Waals surface area contributed by atoms with Gasteiger partial charge in [0, 0.05) is 24.6 Å². The van der Waals surface area contributed by atoms with Crippen molar-refractivity contribution >= 4 is 0 Å². The second kappa shape index (κ2) is 3.51. The fourth-order valence-electron chi connectivity index (χ4n) is 1.68. The molecule has 1 aromatic heterocycles. The van der Waals surface area contributed by atoms with Gasteiger partial charge >= 0.3 is 0 Å². The van der Waals surface area contributed by atoms with Gasteiger partial charge in [-0.1, -0.05) is 18.2 Å². The second-order valence-corrected chi connectivity index (χ2v) is 3.79. The van der Waals surface area contributed by atoms with Gasteiger partial charge in [0.2, 0.25) is 5.89 Å². The SMILES string of the molecule is c1ccc(-c2ncc(C3CNC3)o2)cc1. The van der Waals surface area contributed by atoms with Gasteiger partial charge in [-0.2, -0.15) is 0 Å². The van der Waals surface area contributed by atoms with E-state index in [1.54, 1.807) is 0 Å². The first-order chi connectivity index (χ1) is 7.43. The molecular formula is C12H12N2O. The van der Waals surface area contributed by atoms with Crippen LogP contribution in [0.4, 0.5) is 0 Å². The molecule has 1 fully saturated rings. The zero-order chi connectivity index (χ0) is 10.1. The quantitative estimate of drug-likeness (QED) is 0.806. The smallest absolute Gasteiger partial charge is 0.226 e. The Balaban J connectivity index is 1.90. The van der Waals surface area contributed by atoms with Crippen LogP contribution in [-0.2, 0) is 0 Å². The van der Waals surface area contributed by atoms with Crippen LogP contribution in [0, 0.1) is 0 Å². The average molecular weight is 200 g/mol. The molecule has 3 rings (SSSR count). The molecule has 76 valence electrons. The van der Waals surface area contributed by atoms with Crippen molar-refractivity contribution in [3.05, 3.63) is 42.3 Å². The van der Waals surface area contributed by atoms with Crippen LogP contribution in [-0.4, -0.2) is 18.1 Å². The Bertz CT molecular complexity index is 446. The molecule has 1 N–H and O–H groups in total. The third-order valence-corrected chi connectivity index (χ3v) is 2.73. The van der Waals surface area contributed by atoms with E-state index in [1.807, 2.05) is 36.5 Å². The van der Waals surface area contributed by atoms with Crippen molar-refractivity contribution in [3.63, 3.8) is 0 Å². The number of aromatic nitrogens is 1. The zero-order valence-electron chi connectivity index (χ0n) is 8.31. The van der Waals surface area contributed by atoms with Gasteiger partial charge in [-0.25, -0.2) is 4.98 Å². The zero-order valence-corrected chi connectivity index (χ0v) is 8.31. The molecule has 1 aliphatic heterocycles. The Morgan fingerprint density at radius 1 is 1.20 bits per heavy atom. The minimum Gasteiger partial charge on any atom is -0.441 e. The molecule has 0 atom stereocenters. The molecule has 1 saturated heterocycles. The van der Waals surface area contributed by atoms with Crippen LogP contribution in [0.1, 0.15) is 11.7 Å². The van der Waals surface area contributed by atoms with Gasteiger partial charge in [0.1, 0.15) is 5.76 Å². The van der Waals surface area contributed by atoms with Gasteiger partial charge in [0.25, 0.3) is 0 Å². The molecule has 0 radical (unpaired) electrons. The van der Waals surface area contributed by atoms with E-state index in [0.717, 1.165) is 30.3 Å². The van der Waals surface area contributed by atoms with Crippen LogP contribution in [0.2, 0.25) is 0 Å². The maximum absolute atomic E-state index is 5.72. The third kappa shape index (κ3) is 1.55. The third-order valence-electron chi connectivity index (χ3n) is 2.73. The molecule has 3 heteroatoms. The summed E-state index contributed by atoms with van der Waals surface area (Å²) in [5.41, 5.74) is 1.04. The molecule has 1 aromatic carbocycles. The Morgan fingerprint density at radius 2 is 2.00 bits per heavy atom. The van der Waals surface area contributed by atoms with E-state index in [1.165, 1.54) is 0 Å². The summed E-state index contributed by atoms with van der Waals surface area (Å²) >= 11 is 0. The van der Waals surface area contributed by atoms with Crippen LogP contribution in [0.3, 0.4) is 0 Å². The van der Waals surface area contributed by atoms with Gasteiger partial charge in [0.05, 0.1) is 6.20 Å². The van der Waals surface area contributed by atoms with E-state index < -0.39 is 0 Å². The predicted molar refractivity (Wildman–Crippen MR) is 57.5 cm³/mol. The highest BCUT2D eigenvalue weighted by Crippen LogP contribution is 2.25. The Morgan fingerprint density at radius 3 is 2.67 bits per heavy atom. The molecule has 2 aromatic rings. The Hall–Kier alpha value is -1.61. The fourth-order valence-corrected chi connectivity index (χ4v) is 1.68. The molecule has 0 spiro atoms. The van der Waals surface area contributed by atoms with Gasteiger partial charge in [0.15, 0.2) is 0 Å². The molecule has 0 aliphatic carbocycles. The van der Waals surface area contributed by atoms with E-state index in [4.69, 9.17) is 4.42 Å². The number of hydrogen-bond acceptors (Lipinski definition) is 3. The summed E-state index contributed by atoms with van der Waals surface area (Å²) in [6.45, 7) is 2.01. The second-order valence-electron chi connectivity index (χ2n) is 3.79. The standard InChI is InChI=1S/C12H12N2O/c1-2-4-9(5-3-1)12-14-8-11(15-12)10-6-13-7-10/h1-5,8,10,13H,6-7H2. The van der Waals surface area contributed by atoms with Crippen LogP contribution in [0.25, 0.3) is 11.5 Å². The van der Waals surface area contributed by atoms with E-state index >= 15 is 0 Å². The van der Waals surface area contributed by atoms with Crippen LogP contribution in [0.5, 0.6) is 0 Å². The predicted octanol–water partition coefficient (Wildman–Crippen LogP) is 2.03. The maximum Gasteiger partial charge on any atom is 0.226 e. The van der Waals surface area contributed by atoms with E-state index in [2.05, 4.69) is 10.3 Å². The Kier molecular flexibility index (Phi) is 2.03. The summed E-state index contributed by atoms with van der Waals surface area (Å²) in [5.74, 6) is 2.22. The van der Waals surface area contributed by atoms with E-state index in [0.29, 0.717) is 5.92 Å². The summed E-state index contributed by atoms with van der Waals surface area (Å²) in [4.78, 5) is 4.29. The molecule has 3 nitrogen and oxygen atoms in total. The summed E-state index contributed by atoms with van der Waals surface area (Å²) in [6, 6.07) is 9.99. The molecular weight excluding hydrogens is 188 g/mol. The lowest BCUT2D eigenvalue weighted by atomic mass is 10.0. The largest absolute Gasteiger partial charge is 0.441 e. The molecule has 1 aliphatic rings. The summed E-state index contributed by atoms with van der Waals surface area (Å²) in [5, 5.41) is 3.22. The lowest BCUT2D eigenvalue weighted by Crippen LogP contribution is -2.39. The summed E-state index contributed by atoms with van der Waals surface area (Å²) in [7, 11) is 0. The van der Waals surface area contributed by atoms with Crippen molar-refractivity contribution in [3.8, 4) is 11.5 Å². The summed E-state index contributed by atoms with van der Waals surface area (Å²) in [6.07, 6.45) is 1.84. The fraction of sp³-hybridized carbons (Fsp3) is 0.250. The number of nitrogens with zero attached hydrogens (tertiary/aromatic N) is 1. The van der Waals surface area contributed by atoms with Crippen molar-refractivity contribution in [2.45, 2.75) is 5.92 Å². The number of nitrogens with one attached hydrogen (secondary N) is 1. The molecule has 0 unspecified atom stereocenters. The van der Waals surface area contributed by atoms with Crippen molar-refractivity contribution in [1.29, 1.82) is 0 Å². The molecule has 15 heavy (non-hydrogen) atoms. The maximum atomic E-state index is 5.72. The topological polar surface area (TPSA) is 38.1 Å². The molecule has 0 saturated carbocycles. The minimum absolute atomic E-state index is 0.509. The number of rotatable bonds is 2. The van der Waals surface area contributed by atoms with Crippen LogP contribution < -0.4 is 5.32 Å². The molecule has 2 heterocycles. The van der Waals surface area contributed by atoms with Gasteiger partial charge in [-0.05, 0) is 12.1 Å². The van der Waals surface area contributed by atoms with E-state index in [9.17, 15) is 0 Å². The van der Waals surface area contributed by atoms with Crippen molar-refractivity contribution in [1.82, 2.24) is 10.3 Å². The van der Waals surface area contributed by atoms with Gasteiger partial charge in [-0.3, -0.25) is 0 Å². The first kappa shape index (κ1) is 8.68. The van der Waals surface area contributed by atoms with Crippen molar-refractivity contribution in [2.24, 2.45) is 0 Å². The average Bonchev–Trinajstić information content (AvgIpc) is 2.66. The first-order valence-corrected chi connectivity index (χ1v) is 5.15.